The highest BCUT2D eigenvalue weighted by atomic mass is 15.1. The highest BCUT2D eigenvalue weighted by Crippen LogP contribution is 2.60. The van der Waals surface area contributed by atoms with Gasteiger partial charge in [-0.15, -0.1) is 0 Å². The van der Waals surface area contributed by atoms with E-state index >= 15 is 0 Å². The van der Waals surface area contributed by atoms with Gasteiger partial charge in [-0.05, 0) is 30.7 Å². The Bertz CT molecular complexity index is 209. The minimum Gasteiger partial charge on any atom is -0.319 e. The Kier molecular flexibility index (Phi) is 1.81. The van der Waals surface area contributed by atoms with E-state index in [0.29, 0.717) is 16.4 Å². The molecule has 1 saturated carbocycles. The Morgan fingerprint density at radius 2 is 1.92 bits per heavy atom. The average Bonchev–Trinajstić information content (AvgIpc) is 2.40. The summed E-state index contributed by atoms with van der Waals surface area (Å²) in [6.45, 7) is 9.46. The Hall–Kier alpha value is -0.0800. The monoisotopic (exact) mass is 182 g/mol. The molecule has 13 heavy (non-hydrogen) atoms. The zero-order valence-electron chi connectivity index (χ0n) is 9.33. The minimum absolute atomic E-state index is 0.417. The third-order valence-corrected chi connectivity index (χ3v) is 4.14. The second-order valence-corrected chi connectivity index (χ2v) is 6.07. The Balaban J connectivity index is 2.06. The maximum Gasteiger partial charge on any atom is 0.0242 e. The largest absolute Gasteiger partial charge is 0.319 e. The highest BCUT2D eigenvalue weighted by molar-refractivity contribution is 5.21. The molecule has 2 saturated heterocycles. The molecule has 3 aliphatic rings. The number of rotatable bonds is 2. The van der Waals surface area contributed by atoms with E-state index in [2.05, 4.69) is 38.5 Å². The minimum atomic E-state index is 0.417. The van der Waals surface area contributed by atoms with Crippen molar-refractivity contribution < 1.29 is 0 Å². The SMILES string of the molecule is CNCC12CNC(C(C)(C)C)(C1)C2. The number of fused-ring (bicyclic) bond motifs is 1. The Labute approximate surface area is 81.5 Å². The van der Waals surface area contributed by atoms with E-state index in [9.17, 15) is 0 Å². The molecule has 2 bridgehead atoms. The summed E-state index contributed by atoms with van der Waals surface area (Å²) in [6, 6.07) is 0. The van der Waals surface area contributed by atoms with Crippen molar-refractivity contribution in [3.8, 4) is 0 Å². The molecule has 2 heterocycles. The predicted molar refractivity (Wildman–Crippen MR) is 55.8 cm³/mol. The van der Waals surface area contributed by atoms with Crippen LogP contribution in [0.4, 0.5) is 0 Å². The van der Waals surface area contributed by atoms with Gasteiger partial charge in [0.25, 0.3) is 0 Å². The van der Waals surface area contributed by atoms with Gasteiger partial charge in [0.05, 0.1) is 0 Å². The lowest BCUT2D eigenvalue weighted by Gasteiger charge is -2.53. The van der Waals surface area contributed by atoms with Gasteiger partial charge < -0.3 is 10.6 Å². The van der Waals surface area contributed by atoms with Crippen molar-refractivity contribution in [1.82, 2.24) is 10.6 Å². The van der Waals surface area contributed by atoms with Gasteiger partial charge in [0, 0.05) is 18.6 Å². The van der Waals surface area contributed by atoms with Gasteiger partial charge in [-0.1, -0.05) is 20.8 Å². The third kappa shape index (κ3) is 1.15. The second kappa shape index (κ2) is 2.48. The smallest absolute Gasteiger partial charge is 0.0242 e. The van der Waals surface area contributed by atoms with Crippen molar-refractivity contribution in [3.05, 3.63) is 0 Å². The molecule has 0 atom stereocenters. The van der Waals surface area contributed by atoms with Gasteiger partial charge >= 0.3 is 0 Å². The van der Waals surface area contributed by atoms with Crippen LogP contribution in [0.3, 0.4) is 0 Å². The molecule has 0 aromatic rings. The Morgan fingerprint density at radius 1 is 1.31 bits per heavy atom. The van der Waals surface area contributed by atoms with E-state index in [1.54, 1.807) is 0 Å². The average molecular weight is 182 g/mol. The zero-order valence-corrected chi connectivity index (χ0v) is 9.33. The fraction of sp³-hybridized carbons (Fsp3) is 1.00. The molecule has 76 valence electrons. The zero-order chi connectivity index (χ0) is 9.74. The molecule has 1 aliphatic carbocycles. The number of hydrogen-bond acceptors (Lipinski definition) is 2. The molecular formula is C11H22N2. The molecule has 2 aliphatic heterocycles. The lowest BCUT2D eigenvalue weighted by Crippen LogP contribution is -2.58. The highest BCUT2D eigenvalue weighted by Gasteiger charge is 2.64. The first-order chi connectivity index (χ1) is 5.93. The van der Waals surface area contributed by atoms with Crippen molar-refractivity contribution in [2.75, 3.05) is 20.1 Å². The fourth-order valence-electron chi connectivity index (χ4n) is 3.19. The first-order valence-electron chi connectivity index (χ1n) is 5.33. The maximum atomic E-state index is 3.73. The van der Waals surface area contributed by atoms with Crippen LogP contribution in [0.5, 0.6) is 0 Å². The summed E-state index contributed by atoms with van der Waals surface area (Å²) in [7, 11) is 2.06. The summed E-state index contributed by atoms with van der Waals surface area (Å²) in [4.78, 5) is 0. The van der Waals surface area contributed by atoms with E-state index < -0.39 is 0 Å². The first kappa shape index (κ1) is 9.47. The molecule has 2 N–H and O–H groups in total. The summed E-state index contributed by atoms with van der Waals surface area (Å²) >= 11 is 0. The maximum absolute atomic E-state index is 3.73. The van der Waals surface area contributed by atoms with Crippen LogP contribution in [0.15, 0.2) is 0 Å². The lowest BCUT2D eigenvalue weighted by molar-refractivity contribution is 0.0228. The van der Waals surface area contributed by atoms with Crippen LogP contribution in [-0.4, -0.2) is 25.7 Å². The first-order valence-corrected chi connectivity index (χ1v) is 5.33. The van der Waals surface area contributed by atoms with Crippen molar-refractivity contribution >= 4 is 0 Å². The van der Waals surface area contributed by atoms with E-state index in [1.807, 2.05) is 0 Å². The predicted octanol–water partition coefficient (Wildman–Crippen LogP) is 1.37. The van der Waals surface area contributed by atoms with Gasteiger partial charge in [-0.2, -0.15) is 0 Å². The summed E-state index contributed by atoms with van der Waals surface area (Å²) in [5, 5.41) is 7.05. The summed E-state index contributed by atoms with van der Waals surface area (Å²) < 4.78 is 0. The van der Waals surface area contributed by atoms with Gasteiger partial charge in [-0.25, -0.2) is 0 Å². The van der Waals surface area contributed by atoms with Crippen molar-refractivity contribution in [2.45, 2.75) is 39.2 Å². The molecule has 2 nitrogen and oxygen atoms in total. The van der Waals surface area contributed by atoms with Gasteiger partial charge in [-0.3, -0.25) is 0 Å². The molecule has 3 fully saturated rings. The summed E-state index contributed by atoms with van der Waals surface area (Å²) in [6.07, 6.45) is 2.73. The fourth-order valence-corrected chi connectivity index (χ4v) is 3.19. The third-order valence-electron chi connectivity index (χ3n) is 4.14. The van der Waals surface area contributed by atoms with Crippen molar-refractivity contribution in [1.29, 1.82) is 0 Å². The van der Waals surface area contributed by atoms with Gasteiger partial charge in [0.15, 0.2) is 0 Å². The van der Waals surface area contributed by atoms with Crippen LogP contribution < -0.4 is 10.6 Å². The normalized spacial score (nSPS) is 43.4. The van der Waals surface area contributed by atoms with Crippen LogP contribution in [0.25, 0.3) is 0 Å². The Morgan fingerprint density at radius 3 is 2.31 bits per heavy atom. The second-order valence-electron chi connectivity index (χ2n) is 6.07. The molecule has 0 aromatic heterocycles. The molecule has 0 spiro atoms. The summed E-state index contributed by atoms with van der Waals surface area (Å²) in [5.74, 6) is 0. The molecule has 0 radical (unpaired) electrons. The van der Waals surface area contributed by atoms with Gasteiger partial charge in [0.1, 0.15) is 0 Å². The van der Waals surface area contributed by atoms with Crippen LogP contribution in [0, 0.1) is 10.8 Å². The van der Waals surface area contributed by atoms with Crippen LogP contribution in [0.2, 0.25) is 0 Å². The molecule has 0 aromatic carbocycles. The molecule has 0 unspecified atom stereocenters. The van der Waals surface area contributed by atoms with E-state index in [-0.39, 0.29) is 0 Å². The lowest BCUT2D eigenvalue weighted by atomic mass is 9.53. The van der Waals surface area contributed by atoms with Gasteiger partial charge in [0.2, 0.25) is 0 Å². The van der Waals surface area contributed by atoms with Crippen LogP contribution in [0.1, 0.15) is 33.6 Å². The van der Waals surface area contributed by atoms with Crippen molar-refractivity contribution in [3.63, 3.8) is 0 Å². The quantitative estimate of drug-likeness (QED) is 0.674. The molecular weight excluding hydrogens is 160 g/mol. The van der Waals surface area contributed by atoms with Crippen molar-refractivity contribution in [2.24, 2.45) is 10.8 Å². The molecule has 0 amide bonds. The van der Waals surface area contributed by atoms with E-state index in [0.717, 1.165) is 0 Å². The molecule has 3 rings (SSSR count). The topological polar surface area (TPSA) is 24.1 Å². The molecule has 2 heteroatoms. The number of nitrogens with one attached hydrogen (secondary N) is 2. The van der Waals surface area contributed by atoms with Crippen LogP contribution >= 0.6 is 0 Å². The standard InChI is InChI=1S/C11H22N2/c1-9(2,3)11-5-10(6-11,7-12-4)8-13-11/h12-13H,5-8H2,1-4H3. The summed E-state index contributed by atoms with van der Waals surface area (Å²) in [5.41, 5.74) is 1.45. The van der Waals surface area contributed by atoms with Crippen LogP contribution in [-0.2, 0) is 0 Å². The van der Waals surface area contributed by atoms with E-state index in [1.165, 1.54) is 25.9 Å². The van der Waals surface area contributed by atoms with E-state index in [4.69, 9.17) is 0 Å². The number of hydrogen-bond donors (Lipinski definition) is 2.